The Bertz CT molecular complexity index is 690. The van der Waals surface area contributed by atoms with Crippen molar-refractivity contribution >= 4 is 38.8 Å². The van der Waals surface area contributed by atoms with E-state index in [1.54, 1.807) is 0 Å². The predicted molar refractivity (Wildman–Crippen MR) is 78.3 cm³/mol. The molecule has 6 heteroatoms. The van der Waals surface area contributed by atoms with Crippen molar-refractivity contribution < 1.29 is 19.8 Å². The Morgan fingerprint density at radius 3 is 2.55 bits per heavy atom. The molecule has 0 aliphatic heterocycles. The van der Waals surface area contributed by atoms with Gasteiger partial charge in [0.05, 0.1) is 5.52 Å². The minimum Gasteiger partial charge on any atom is -0.481 e. The zero-order valence-electron chi connectivity index (χ0n) is 10.9. The van der Waals surface area contributed by atoms with Gasteiger partial charge in [-0.25, -0.2) is 4.79 Å². The Morgan fingerprint density at radius 1 is 1.30 bits per heavy atom. The second-order valence-corrected chi connectivity index (χ2v) is 5.39. The summed E-state index contributed by atoms with van der Waals surface area (Å²) in [5.74, 6) is -2.02. The number of aliphatic carboxylic acids is 1. The second-order valence-electron chi connectivity index (χ2n) is 4.53. The van der Waals surface area contributed by atoms with Crippen LogP contribution in [0.15, 0.2) is 16.6 Å². The summed E-state index contributed by atoms with van der Waals surface area (Å²) in [6.07, 6.45) is 0.915. The summed E-state index contributed by atoms with van der Waals surface area (Å²) >= 11 is 3.42. The number of carboxylic acid groups (broad SMARTS) is 2. The van der Waals surface area contributed by atoms with E-state index >= 15 is 0 Å². The fraction of sp³-hybridized carbons (Fsp3) is 0.286. The molecule has 0 fully saturated rings. The number of carbonyl (C=O) groups is 2. The van der Waals surface area contributed by atoms with Crippen LogP contribution >= 0.6 is 15.9 Å². The molecule has 0 radical (unpaired) electrons. The number of aryl methyl sites for hydroxylation is 2. The molecule has 2 rings (SSSR count). The maximum atomic E-state index is 11.3. The monoisotopic (exact) mass is 339 g/mol. The van der Waals surface area contributed by atoms with Crippen molar-refractivity contribution in [1.82, 2.24) is 4.98 Å². The van der Waals surface area contributed by atoms with Crippen molar-refractivity contribution in [2.45, 2.75) is 26.2 Å². The molecule has 0 atom stereocenters. The van der Waals surface area contributed by atoms with E-state index in [0.717, 1.165) is 21.8 Å². The van der Waals surface area contributed by atoms with Crippen LogP contribution in [0.5, 0.6) is 0 Å². The SMILES string of the molecule is CCc1cc(Br)c2[nH]c(C(=O)O)c(CCC(=O)O)c2c1. The van der Waals surface area contributed by atoms with Crippen LogP contribution in [0, 0.1) is 0 Å². The van der Waals surface area contributed by atoms with Gasteiger partial charge in [-0.1, -0.05) is 6.92 Å². The van der Waals surface area contributed by atoms with Gasteiger partial charge in [0.1, 0.15) is 5.69 Å². The number of hydrogen-bond donors (Lipinski definition) is 3. The standard InChI is InChI=1S/C14H14BrNO4/c1-2-7-5-9-8(3-4-11(17)18)13(14(19)20)16-12(9)10(15)6-7/h5-6,16H,2-4H2,1H3,(H,17,18)(H,19,20). The average Bonchev–Trinajstić information content (AvgIpc) is 2.75. The van der Waals surface area contributed by atoms with Gasteiger partial charge in [0, 0.05) is 16.3 Å². The van der Waals surface area contributed by atoms with Gasteiger partial charge >= 0.3 is 11.9 Å². The Kier molecular flexibility index (Phi) is 4.13. The maximum Gasteiger partial charge on any atom is 0.352 e. The van der Waals surface area contributed by atoms with E-state index in [0.29, 0.717) is 11.1 Å². The summed E-state index contributed by atoms with van der Waals surface area (Å²) in [5.41, 5.74) is 2.37. The summed E-state index contributed by atoms with van der Waals surface area (Å²) in [6, 6.07) is 3.85. The van der Waals surface area contributed by atoms with E-state index in [1.807, 2.05) is 19.1 Å². The second kappa shape index (κ2) is 5.66. The van der Waals surface area contributed by atoms with Gasteiger partial charge in [0.25, 0.3) is 0 Å². The van der Waals surface area contributed by atoms with Crippen LogP contribution < -0.4 is 0 Å². The number of aromatic amines is 1. The average molecular weight is 340 g/mol. The smallest absolute Gasteiger partial charge is 0.352 e. The van der Waals surface area contributed by atoms with Gasteiger partial charge in [-0.15, -0.1) is 0 Å². The van der Waals surface area contributed by atoms with Crippen LogP contribution in [0.4, 0.5) is 0 Å². The fourth-order valence-electron chi connectivity index (χ4n) is 2.24. The zero-order chi connectivity index (χ0) is 14.9. The Hall–Kier alpha value is -1.82. The molecule has 106 valence electrons. The summed E-state index contributed by atoms with van der Waals surface area (Å²) in [7, 11) is 0. The van der Waals surface area contributed by atoms with Gasteiger partial charge < -0.3 is 15.2 Å². The Labute approximate surface area is 123 Å². The van der Waals surface area contributed by atoms with Crippen molar-refractivity contribution in [3.05, 3.63) is 33.4 Å². The molecule has 5 nitrogen and oxygen atoms in total. The molecule has 2 aromatic rings. The summed E-state index contributed by atoms with van der Waals surface area (Å²) < 4.78 is 0.788. The first-order valence-corrected chi connectivity index (χ1v) is 7.01. The number of aromatic carboxylic acids is 1. The predicted octanol–water partition coefficient (Wildman–Crippen LogP) is 3.21. The molecule has 0 spiro atoms. The van der Waals surface area contributed by atoms with Gasteiger partial charge in [0.15, 0.2) is 0 Å². The lowest BCUT2D eigenvalue weighted by Crippen LogP contribution is -2.04. The van der Waals surface area contributed by atoms with Gasteiger partial charge in [-0.05, 0) is 52.0 Å². The molecule has 0 aliphatic rings. The first-order valence-electron chi connectivity index (χ1n) is 6.22. The molecule has 1 heterocycles. The first kappa shape index (κ1) is 14.6. The van der Waals surface area contributed by atoms with Crippen LogP contribution in [0.3, 0.4) is 0 Å². The highest BCUT2D eigenvalue weighted by atomic mass is 79.9. The minimum atomic E-state index is -1.08. The van der Waals surface area contributed by atoms with Crippen molar-refractivity contribution in [3.8, 4) is 0 Å². The molecule has 0 bridgehead atoms. The molecule has 20 heavy (non-hydrogen) atoms. The number of H-pyrrole nitrogens is 1. The summed E-state index contributed by atoms with van der Waals surface area (Å²) in [4.78, 5) is 24.9. The number of nitrogens with one attached hydrogen (secondary N) is 1. The van der Waals surface area contributed by atoms with Crippen LogP contribution in [0.2, 0.25) is 0 Å². The first-order chi connectivity index (χ1) is 9.43. The highest BCUT2D eigenvalue weighted by Gasteiger charge is 2.19. The third-order valence-corrected chi connectivity index (χ3v) is 3.86. The van der Waals surface area contributed by atoms with E-state index < -0.39 is 11.9 Å². The molecule has 0 aliphatic carbocycles. The number of carboxylic acids is 2. The van der Waals surface area contributed by atoms with Gasteiger partial charge in [-0.3, -0.25) is 4.79 Å². The van der Waals surface area contributed by atoms with Crippen LogP contribution in [-0.4, -0.2) is 27.1 Å². The van der Waals surface area contributed by atoms with E-state index in [2.05, 4.69) is 20.9 Å². The third kappa shape index (κ3) is 2.70. The lowest BCUT2D eigenvalue weighted by Gasteiger charge is -2.03. The number of fused-ring (bicyclic) bond motifs is 1. The van der Waals surface area contributed by atoms with Gasteiger partial charge in [0.2, 0.25) is 0 Å². The largest absolute Gasteiger partial charge is 0.481 e. The maximum absolute atomic E-state index is 11.3. The molecule has 0 saturated carbocycles. The van der Waals surface area contributed by atoms with E-state index in [1.165, 1.54) is 0 Å². The highest BCUT2D eigenvalue weighted by molar-refractivity contribution is 9.10. The molecule has 3 N–H and O–H groups in total. The van der Waals surface area contributed by atoms with Crippen molar-refractivity contribution in [3.63, 3.8) is 0 Å². The Morgan fingerprint density at radius 2 is 2.00 bits per heavy atom. The lowest BCUT2D eigenvalue weighted by molar-refractivity contribution is -0.136. The summed E-state index contributed by atoms with van der Waals surface area (Å²) in [5, 5.41) is 18.8. The molecule has 0 unspecified atom stereocenters. The number of rotatable bonds is 5. The van der Waals surface area contributed by atoms with Crippen molar-refractivity contribution in [2.24, 2.45) is 0 Å². The molecular formula is C14H14BrNO4. The highest BCUT2D eigenvalue weighted by Crippen LogP contribution is 2.31. The molecule has 0 saturated heterocycles. The van der Waals surface area contributed by atoms with Gasteiger partial charge in [-0.2, -0.15) is 0 Å². The number of aromatic nitrogens is 1. The van der Waals surface area contributed by atoms with Crippen LogP contribution in [-0.2, 0) is 17.6 Å². The van der Waals surface area contributed by atoms with Crippen molar-refractivity contribution in [1.29, 1.82) is 0 Å². The van der Waals surface area contributed by atoms with Crippen LogP contribution in [0.1, 0.15) is 35.0 Å². The quantitative estimate of drug-likeness (QED) is 0.780. The molecule has 1 aromatic heterocycles. The molecule has 1 aromatic carbocycles. The van der Waals surface area contributed by atoms with Crippen molar-refractivity contribution in [2.75, 3.05) is 0 Å². The van der Waals surface area contributed by atoms with E-state index in [9.17, 15) is 14.7 Å². The third-order valence-electron chi connectivity index (χ3n) is 3.24. The fourth-order valence-corrected chi connectivity index (χ4v) is 2.85. The number of hydrogen-bond acceptors (Lipinski definition) is 2. The minimum absolute atomic E-state index is 0.0650. The Balaban J connectivity index is 2.65. The normalized spacial score (nSPS) is 10.9. The van der Waals surface area contributed by atoms with E-state index in [4.69, 9.17) is 5.11 Å². The molecule has 0 amide bonds. The topological polar surface area (TPSA) is 90.4 Å². The lowest BCUT2D eigenvalue weighted by atomic mass is 10.0. The van der Waals surface area contributed by atoms with Crippen LogP contribution in [0.25, 0.3) is 10.9 Å². The number of benzene rings is 1. The summed E-state index contributed by atoms with van der Waals surface area (Å²) in [6.45, 7) is 2.01. The number of halogens is 1. The zero-order valence-corrected chi connectivity index (χ0v) is 12.5. The van der Waals surface area contributed by atoms with E-state index in [-0.39, 0.29) is 18.5 Å². The molecular weight excluding hydrogens is 326 g/mol.